The van der Waals surface area contributed by atoms with E-state index in [1.807, 2.05) is 0 Å². The highest BCUT2D eigenvalue weighted by Gasteiger charge is 2.12. The molecule has 0 aromatic heterocycles. The summed E-state index contributed by atoms with van der Waals surface area (Å²) in [7, 11) is 0. The molecule has 0 amide bonds. The van der Waals surface area contributed by atoms with Crippen LogP contribution in [0.4, 0.5) is 0 Å². The van der Waals surface area contributed by atoms with Crippen LogP contribution in [0.1, 0.15) is 4.11 Å². The summed E-state index contributed by atoms with van der Waals surface area (Å²) >= 11 is 2.98. The molecule has 0 radical (unpaired) electrons. The second-order valence-electron chi connectivity index (χ2n) is 1.04. The van der Waals surface area contributed by atoms with Gasteiger partial charge in [-0.1, -0.05) is 15.9 Å². The van der Waals surface area contributed by atoms with Crippen LogP contribution in [0.25, 0.3) is 0 Å². The van der Waals surface area contributed by atoms with Crippen molar-refractivity contribution in [2.24, 2.45) is 0 Å². The largest absolute Gasteiger partial charge is 0.349 e. The quantitative estimate of drug-likeness (QED) is 0.540. The molecule has 1 unspecified atom stereocenters. The monoisotopic (exact) mass is 169 g/mol. The van der Waals surface area contributed by atoms with Crippen molar-refractivity contribution in [3.05, 3.63) is 0 Å². The Morgan fingerprint density at radius 3 is 3.14 bits per heavy atom. The summed E-state index contributed by atoms with van der Waals surface area (Å²) in [6, 6.07) is 0. The Kier molecular flexibility index (Phi) is 1.06. The molecular weight excluding hydrogens is 160 g/mol. The number of ether oxygens (including phenoxy) is 2. The van der Waals surface area contributed by atoms with Crippen molar-refractivity contribution < 1.29 is 13.6 Å². The lowest BCUT2D eigenvalue weighted by atomic mass is 10.8. The van der Waals surface area contributed by atoms with Crippen molar-refractivity contribution in [2.45, 2.75) is 6.27 Å². The summed E-state index contributed by atoms with van der Waals surface area (Å²) in [6.45, 7) is -1.99. The number of halogens is 1. The Morgan fingerprint density at radius 2 is 2.86 bits per heavy atom. The lowest BCUT2D eigenvalue weighted by Crippen LogP contribution is -2.07. The summed E-state index contributed by atoms with van der Waals surface area (Å²) in [5.41, 5.74) is 0. The van der Waals surface area contributed by atoms with Gasteiger partial charge < -0.3 is 9.47 Å². The van der Waals surface area contributed by atoms with E-state index in [1.54, 1.807) is 0 Å². The molecule has 3 heteroatoms. The average molecular weight is 170 g/mol. The summed E-state index contributed by atoms with van der Waals surface area (Å²) in [5.74, 6) is 0. The van der Waals surface area contributed by atoms with Crippen molar-refractivity contribution in [1.29, 1.82) is 0 Å². The van der Waals surface area contributed by atoms with Crippen LogP contribution in [0.5, 0.6) is 0 Å². The fourth-order valence-electron chi connectivity index (χ4n) is 0.315. The molecule has 1 aliphatic rings. The van der Waals surface area contributed by atoms with Gasteiger partial charge in [-0.3, -0.25) is 0 Å². The standard InChI is InChI=1S/C4H7BrO2/c5-3-4-6-1-2-7-4/h4H,1-3H2/i1D2,4D. The van der Waals surface area contributed by atoms with Crippen molar-refractivity contribution in [2.75, 3.05) is 18.5 Å². The van der Waals surface area contributed by atoms with Gasteiger partial charge in [-0.05, 0) is 0 Å². The molecule has 1 heterocycles. The smallest absolute Gasteiger partial charge is 0.167 e. The maximum Gasteiger partial charge on any atom is 0.167 e. The fourth-order valence-corrected chi connectivity index (χ4v) is 0.592. The highest BCUT2D eigenvalue weighted by Crippen LogP contribution is 2.04. The summed E-state index contributed by atoms with van der Waals surface area (Å²) in [4.78, 5) is 0. The second kappa shape index (κ2) is 2.64. The maximum absolute atomic E-state index is 7.25. The van der Waals surface area contributed by atoms with Gasteiger partial charge >= 0.3 is 0 Å². The molecule has 0 spiro atoms. The van der Waals surface area contributed by atoms with E-state index in [1.165, 1.54) is 0 Å². The normalized spacial score (nSPS) is 55.3. The first kappa shape index (κ1) is 2.80. The van der Waals surface area contributed by atoms with E-state index in [0.717, 1.165) is 0 Å². The predicted molar refractivity (Wildman–Crippen MR) is 29.5 cm³/mol. The van der Waals surface area contributed by atoms with Crippen LogP contribution >= 0.6 is 15.9 Å². The van der Waals surface area contributed by atoms with Gasteiger partial charge in [-0.15, -0.1) is 0 Å². The Morgan fingerprint density at radius 1 is 2.00 bits per heavy atom. The third-order valence-corrected chi connectivity index (χ3v) is 1.05. The maximum atomic E-state index is 7.25. The molecule has 42 valence electrons. The Labute approximate surface area is 55.1 Å². The zero-order valence-electron chi connectivity index (χ0n) is 6.61. The van der Waals surface area contributed by atoms with Crippen LogP contribution in [0.3, 0.4) is 0 Å². The van der Waals surface area contributed by atoms with Gasteiger partial charge in [0.05, 0.1) is 22.6 Å². The van der Waals surface area contributed by atoms with Gasteiger partial charge in [0.1, 0.15) is 0 Å². The Balaban J connectivity index is 2.57. The molecule has 1 aliphatic heterocycles. The number of rotatable bonds is 1. The number of hydrogen-bond acceptors (Lipinski definition) is 2. The molecule has 7 heavy (non-hydrogen) atoms. The zero-order valence-corrected chi connectivity index (χ0v) is 5.19. The minimum Gasteiger partial charge on any atom is -0.349 e. The van der Waals surface area contributed by atoms with E-state index < -0.39 is 12.8 Å². The predicted octanol–water partition coefficient (Wildman–Crippen LogP) is 0.754. The van der Waals surface area contributed by atoms with Crippen LogP contribution in [-0.2, 0) is 9.47 Å². The van der Waals surface area contributed by atoms with Gasteiger partial charge in [0.15, 0.2) is 6.27 Å². The molecule has 1 fully saturated rings. The lowest BCUT2D eigenvalue weighted by molar-refractivity contribution is -0.0205. The molecule has 0 aromatic carbocycles. The Hall–Kier alpha value is 0.400. The van der Waals surface area contributed by atoms with E-state index >= 15 is 0 Å². The third-order valence-electron chi connectivity index (χ3n) is 0.587. The van der Waals surface area contributed by atoms with E-state index in [9.17, 15) is 0 Å². The number of alkyl halides is 1. The van der Waals surface area contributed by atoms with Crippen LogP contribution in [0, 0.1) is 0 Å². The molecule has 0 aliphatic carbocycles. The van der Waals surface area contributed by atoms with E-state index in [2.05, 4.69) is 20.7 Å². The van der Waals surface area contributed by atoms with Gasteiger partial charge in [0.25, 0.3) is 0 Å². The third kappa shape index (κ3) is 1.40. The summed E-state index contributed by atoms with van der Waals surface area (Å²) in [6.07, 6.45) is -1.54. The molecule has 0 aromatic rings. The molecular formula is C4H7BrO2. The van der Waals surface area contributed by atoms with Gasteiger partial charge in [-0.25, -0.2) is 0 Å². The zero-order chi connectivity index (χ0) is 7.83. The van der Waals surface area contributed by atoms with Crippen LogP contribution in [0.15, 0.2) is 0 Å². The topological polar surface area (TPSA) is 18.5 Å². The summed E-state index contributed by atoms with van der Waals surface area (Å²) in [5, 5.41) is 0.152. The lowest BCUT2D eigenvalue weighted by Gasteiger charge is -2.00. The molecule has 0 bridgehead atoms. The molecule has 1 rings (SSSR count). The first-order valence-corrected chi connectivity index (χ1v) is 3.00. The minimum atomic E-state index is -1.81. The van der Waals surface area contributed by atoms with Crippen molar-refractivity contribution in [3.63, 3.8) is 0 Å². The van der Waals surface area contributed by atoms with Gasteiger partial charge in [0.2, 0.25) is 0 Å². The van der Waals surface area contributed by atoms with Crippen LogP contribution < -0.4 is 0 Å². The van der Waals surface area contributed by atoms with Gasteiger partial charge in [-0.2, -0.15) is 0 Å². The van der Waals surface area contributed by atoms with E-state index in [4.69, 9.17) is 8.85 Å². The van der Waals surface area contributed by atoms with E-state index in [-0.39, 0.29) is 11.9 Å². The van der Waals surface area contributed by atoms with Gasteiger partial charge in [0, 0.05) is 0 Å². The minimum absolute atomic E-state index is 0.152. The highest BCUT2D eigenvalue weighted by molar-refractivity contribution is 9.09. The first-order chi connectivity index (χ1) is 4.47. The first-order valence-electron chi connectivity index (χ1n) is 3.38. The molecule has 1 saturated heterocycles. The molecule has 1 atom stereocenters. The second-order valence-corrected chi connectivity index (χ2v) is 1.60. The van der Waals surface area contributed by atoms with Crippen molar-refractivity contribution >= 4 is 15.9 Å². The molecule has 2 nitrogen and oxygen atoms in total. The van der Waals surface area contributed by atoms with Crippen LogP contribution in [0.2, 0.25) is 0 Å². The highest BCUT2D eigenvalue weighted by atomic mass is 79.9. The van der Waals surface area contributed by atoms with Crippen molar-refractivity contribution in [3.8, 4) is 0 Å². The number of hydrogen-bond donors (Lipinski definition) is 0. The van der Waals surface area contributed by atoms with E-state index in [0.29, 0.717) is 0 Å². The summed E-state index contributed by atoms with van der Waals surface area (Å²) < 4.78 is 30.6. The average Bonchev–Trinajstić information content (AvgIpc) is 2.08. The van der Waals surface area contributed by atoms with Crippen molar-refractivity contribution in [1.82, 2.24) is 0 Å². The fraction of sp³-hybridized carbons (Fsp3) is 1.00. The van der Waals surface area contributed by atoms with Crippen LogP contribution in [-0.4, -0.2) is 24.8 Å². The molecule has 0 saturated carbocycles. The Bertz CT molecular complexity index is 142. The molecule has 0 N–H and O–H groups in total. The SMILES string of the molecule is [2H]C1([2H])COC([2H])(CBr)O1.